The zero-order valence-corrected chi connectivity index (χ0v) is 11.4. The fourth-order valence-corrected chi connectivity index (χ4v) is 2.09. The van der Waals surface area contributed by atoms with E-state index in [1.807, 2.05) is 25.4 Å². The predicted molar refractivity (Wildman–Crippen MR) is 76.2 cm³/mol. The van der Waals surface area contributed by atoms with Crippen molar-refractivity contribution < 1.29 is 4.79 Å². The largest absolute Gasteiger partial charge is 0.298 e. The van der Waals surface area contributed by atoms with Gasteiger partial charge in [-0.15, -0.1) is 0 Å². The summed E-state index contributed by atoms with van der Waals surface area (Å²) in [6.45, 7) is 0. The van der Waals surface area contributed by atoms with Crippen molar-refractivity contribution in [2.45, 2.75) is 0 Å². The maximum absolute atomic E-state index is 11.2. The van der Waals surface area contributed by atoms with Crippen LogP contribution in [0.1, 0.15) is 10.4 Å². The summed E-state index contributed by atoms with van der Waals surface area (Å²) in [5, 5.41) is 9.21. The van der Waals surface area contributed by atoms with Crippen molar-refractivity contribution in [2.75, 3.05) is 0 Å². The summed E-state index contributed by atoms with van der Waals surface area (Å²) < 4.78 is 3.33. The molecule has 0 radical (unpaired) electrons. The summed E-state index contributed by atoms with van der Waals surface area (Å²) in [6, 6.07) is 7.25. The van der Waals surface area contributed by atoms with Gasteiger partial charge in [0.25, 0.3) is 0 Å². The van der Waals surface area contributed by atoms with E-state index < -0.39 is 0 Å². The van der Waals surface area contributed by atoms with Crippen molar-refractivity contribution in [1.82, 2.24) is 19.6 Å². The third kappa shape index (κ3) is 2.23. The van der Waals surface area contributed by atoms with E-state index in [1.54, 1.807) is 33.9 Å². The highest BCUT2D eigenvalue weighted by Gasteiger charge is 2.13. The van der Waals surface area contributed by atoms with Crippen LogP contribution in [0.15, 0.2) is 42.9 Å². The molecule has 0 N–H and O–H groups in total. The van der Waals surface area contributed by atoms with Gasteiger partial charge in [0.15, 0.2) is 6.29 Å². The SMILES string of the molecule is Cn1cc(-c2nn(-c3ccc(Cl)cc3)cc2C=O)cn1. The number of aryl methyl sites for hydroxylation is 1. The minimum atomic E-state index is 0.521. The second-order valence-corrected chi connectivity index (χ2v) is 4.81. The van der Waals surface area contributed by atoms with Crippen LogP contribution in [0.2, 0.25) is 5.02 Å². The van der Waals surface area contributed by atoms with E-state index in [0.717, 1.165) is 17.5 Å². The lowest BCUT2D eigenvalue weighted by Gasteiger charge is -2.00. The molecule has 0 unspecified atom stereocenters. The Kier molecular flexibility index (Phi) is 3.12. The summed E-state index contributed by atoms with van der Waals surface area (Å²) in [5.41, 5.74) is 2.78. The molecule has 2 heterocycles. The molecule has 20 heavy (non-hydrogen) atoms. The topological polar surface area (TPSA) is 52.7 Å². The lowest BCUT2D eigenvalue weighted by Crippen LogP contribution is -1.94. The molecule has 100 valence electrons. The van der Waals surface area contributed by atoms with Crippen LogP contribution in [0.4, 0.5) is 0 Å². The Bertz CT molecular complexity index is 758. The van der Waals surface area contributed by atoms with Gasteiger partial charge in [0, 0.05) is 30.0 Å². The van der Waals surface area contributed by atoms with Crippen LogP contribution in [-0.4, -0.2) is 25.8 Å². The number of halogens is 1. The average molecular weight is 287 g/mol. The van der Waals surface area contributed by atoms with E-state index in [4.69, 9.17) is 11.6 Å². The number of carbonyl (C=O) groups is 1. The lowest BCUT2D eigenvalue weighted by molar-refractivity contribution is 0.112. The lowest BCUT2D eigenvalue weighted by atomic mass is 10.2. The van der Waals surface area contributed by atoms with Crippen LogP contribution < -0.4 is 0 Å². The van der Waals surface area contributed by atoms with Gasteiger partial charge in [0.1, 0.15) is 5.69 Å². The average Bonchev–Trinajstić information content (AvgIpc) is 3.05. The molecule has 0 aliphatic heterocycles. The molecule has 0 saturated heterocycles. The van der Waals surface area contributed by atoms with E-state index in [2.05, 4.69) is 10.2 Å². The van der Waals surface area contributed by atoms with Crippen LogP contribution in [-0.2, 0) is 7.05 Å². The molecule has 0 amide bonds. The van der Waals surface area contributed by atoms with Crippen LogP contribution >= 0.6 is 11.6 Å². The summed E-state index contributed by atoms with van der Waals surface area (Å²) in [5.74, 6) is 0. The zero-order chi connectivity index (χ0) is 14.1. The van der Waals surface area contributed by atoms with Crippen LogP contribution in [0.3, 0.4) is 0 Å². The van der Waals surface area contributed by atoms with Crippen LogP contribution in [0.25, 0.3) is 16.9 Å². The number of nitrogens with zero attached hydrogens (tertiary/aromatic N) is 4. The molecule has 0 bridgehead atoms. The van der Waals surface area contributed by atoms with Gasteiger partial charge in [0.2, 0.25) is 0 Å². The van der Waals surface area contributed by atoms with Crippen molar-refractivity contribution in [1.29, 1.82) is 0 Å². The molecule has 0 aliphatic carbocycles. The van der Waals surface area contributed by atoms with Crippen molar-refractivity contribution in [3.8, 4) is 16.9 Å². The molecule has 6 heteroatoms. The van der Waals surface area contributed by atoms with Gasteiger partial charge in [-0.05, 0) is 24.3 Å². The van der Waals surface area contributed by atoms with Gasteiger partial charge < -0.3 is 0 Å². The highest BCUT2D eigenvalue weighted by Crippen LogP contribution is 2.22. The Labute approximate surface area is 120 Å². The van der Waals surface area contributed by atoms with Crippen LogP contribution in [0, 0.1) is 0 Å². The van der Waals surface area contributed by atoms with E-state index in [1.165, 1.54) is 0 Å². The number of rotatable bonds is 3. The first kappa shape index (κ1) is 12.6. The molecule has 3 aromatic rings. The number of hydrogen-bond acceptors (Lipinski definition) is 3. The number of carbonyl (C=O) groups excluding carboxylic acids is 1. The van der Waals surface area contributed by atoms with Crippen LogP contribution in [0.5, 0.6) is 0 Å². The minimum absolute atomic E-state index is 0.521. The quantitative estimate of drug-likeness (QED) is 0.696. The van der Waals surface area contributed by atoms with E-state index in [9.17, 15) is 4.79 Å². The van der Waals surface area contributed by atoms with E-state index in [0.29, 0.717) is 16.3 Å². The molecule has 0 spiro atoms. The standard InChI is InChI=1S/C14H11ClN4O/c1-18-7-10(6-16-18)14-11(9-20)8-19(17-14)13-4-2-12(15)3-5-13/h2-9H,1H3. The predicted octanol–water partition coefficient (Wildman–Crippen LogP) is 2.74. The number of aldehydes is 1. The first-order valence-electron chi connectivity index (χ1n) is 5.97. The Morgan fingerprint density at radius 2 is 1.95 bits per heavy atom. The summed E-state index contributed by atoms with van der Waals surface area (Å²) in [6.07, 6.45) is 5.99. The first-order valence-corrected chi connectivity index (χ1v) is 6.35. The molecule has 0 aliphatic rings. The molecular formula is C14H11ClN4O. The molecule has 5 nitrogen and oxygen atoms in total. The maximum Gasteiger partial charge on any atom is 0.153 e. The van der Waals surface area contributed by atoms with Crippen molar-refractivity contribution in [3.63, 3.8) is 0 Å². The highest BCUT2D eigenvalue weighted by molar-refractivity contribution is 6.30. The zero-order valence-electron chi connectivity index (χ0n) is 10.7. The molecule has 1 aromatic carbocycles. The van der Waals surface area contributed by atoms with Crippen molar-refractivity contribution >= 4 is 17.9 Å². The van der Waals surface area contributed by atoms with Gasteiger partial charge in [0.05, 0.1) is 17.4 Å². The second-order valence-electron chi connectivity index (χ2n) is 4.37. The highest BCUT2D eigenvalue weighted by atomic mass is 35.5. The number of benzene rings is 1. The number of hydrogen-bond donors (Lipinski definition) is 0. The van der Waals surface area contributed by atoms with Gasteiger partial charge in [-0.3, -0.25) is 9.48 Å². The fraction of sp³-hybridized carbons (Fsp3) is 0.0714. The molecular weight excluding hydrogens is 276 g/mol. The molecule has 3 rings (SSSR count). The first-order chi connectivity index (χ1) is 9.67. The fourth-order valence-electron chi connectivity index (χ4n) is 1.97. The maximum atomic E-state index is 11.2. The monoisotopic (exact) mass is 286 g/mol. The Hall–Kier alpha value is -2.40. The smallest absolute Gasteiger partial charge is 0.153 e. The second kappa shape index (κ2) is 4.94. The van der Waals surface area contributed by atoms with Gasteiger partial charge in [-0.25, -0.2) is 4.68 Å². The Balaban J connectivity index is 2.09. The molecule has 0 saturated carbocycles. The van der Waals surface area contributed by atoms with Crippen molar-refractivity contribution in [3.05, 3.63) is 53.4 Å². The summed E-state index contributed by atoms with van der Waals surface area (Å²) in [4.78, 5) is 11.2. The summed E-state index contributed by atoms with van der Waals surface area (Å²) >= 11 is 5.86. The molecule has 0 atom stereocenters. The van der Waals surface area contributed by atoms with Gasteiger partial charge in [-0.1, -0.05) is 11.6 Å². The number of aromatic nitrogens is 4. The van der Waals surface area contributed by atoms with E-state index in [-0.39, 0.29) is 0 Å². The van der Waals surface area contributed by atoms with Crippen molar-refractivity contribution in [2.24, 2.45) is 7.05 Å². The normalized spacial score (nSPS) is 10.7. The van der Waals surface area contributed by atoms with Gasteiger partial charge in [-0.2, -0.15) is 10.2 Å². The third-order valence-electron chi connectivity index (χ3n) is 2.94. The Morgan fingerprint density at radius 3 is 2.55 bits per heavy atom. The molecule has 2 aromatic heterocycles. The summed E-state index contributed by atoms with van der Waals surface area (Å²) in [7, 11) is 1.82. The minimum Gasteiger partial charge on any atom is -0.298 e. The Morgan fingerprint density at radius 1 is 1.20 bits per heavy atom. The van der Waals surface area contributed by atoms with Gasteiger partial charge >= 0.3 is 0 Å². The van der Waals surface area contributed by atoms with E-state index >= 15 is 0 Å². The third-order valence-corrected chi connectivity index (χ3v) is 3.19. The molecule has 0 fully saturated rings.